The van der Waals surface area contributed by atoms with E-state index in [9.17, 15) is 4.79 Å². The van der Waals surface area contributed by atoms with E-state index in [0.717, 1.165) is 22.8 Å². The Morgan fingerprint density at radius 2 is 1.70 bits per heavy atom. The zero-order chi connectivity index (χ0) is 21.9. The molecular weight excluding hydrogens is 396 g/mol. The van der Waals surface area contributed by atoms with Crippen molar-refractivity contribution < 1.29 is 9.53 Å². The van der Waals surface area contributed by atoms with Gasteiger partial charge in [-0.15, -0.1) is 10.2 Å². The van der Waals surface area contributed by atoms with E-state index in [1.54, 1.807) is 7.11 Å². The van der Waals surface area contributed by atoms with Gasteiger partial charge in [-0.05, 0) is 42.2 Å². The number of anilines is 1. The lowest BCUT2D eigenvalue weighted by molar-refractivity contribution is -0.115. The number of methoxy groups -OCH3 is 1. The lowest BCUT2D eigenvalue weighted by Crippen LogP contribution is -2.22. The van der Waals surface area contributed by atoms with Crippen LogP contribution in [-0.4, -0.2) is 33.0 Å². The molecule has 0 saturated carbocycles. The van der Waals surface area contributed by atoms with Crippen molar-refractivity contribution in [3.63, 3.8) is 0 Å². The molecule has 0 saturated heterocycles. The molecule has 0 aliphatic carbocycles. The number of aromatic nitrogens is 3. The summed E-state index contributed by atoms with van der Waals surface area (Å²) < 4.78 is 7.07. The Morgan fingerprint density at radius 3 is 2.27 bits per heavy atom. The molecule has 30 heavy (non-hydrogen) atoms. The lowest BCUT2D eigenvalue weighted by Gasteiger charge is -2.19. The molecule has 3 aromatic rings. The van der Waals surface area contributed by atoms with Gasteiger partial charge in [-0.1, -0.05) is 56.8 Å². The van der Waals surface area contributed by atoms with Crippen LogP contribution in [0.15, 0.2) is 53.7 Å². The monoisotopic (exact) mass is 424 g/mol. The fraction of sp³-hybridized carbons (Fsp3) is 0.348. The fourth-order valence-corrected chi connectivity index (χ4v) is 3.73. The maximum Gasteiger partial charge on any atom is 0.237 e. The predicted octanol–water partition coefficient (Wildman–Crippen LogP) is 4.91. The Labute approximate surface area is 182 Å². The normalized spacial score (nSPS) is 12.5. The van der Waals surface area contributed by atoms with Gasteiger partial charge in [-0.2, -0.15) is 0 Å². The Kier molecular flexibility index (Phi) is 6.51. The number of carbonyl (C=O) groups excluding carboxylic acids is 1. The van der Waals surface area contributed by atoms with E-state index in [-0.39, 0.29) is 16.6 Å². The number of hydrogen-bond acceptors (Lipinski definition) is 5. The number of amides is 1. The largest absolute Gasteiger partial charge is 0.497 e. The summed E-state index contributed by atoms with van der Waals surface area (Å²) >= 11 is 1.38. The van der Waals surface area contributed by atoms with Crippen molar-refractivity contribution in [2.45, 2.75) is 43.5 Å². The van der Waals surface area contributed by atoms with E-state index in [4.69, 9.17) is 4.74 Å². The number of benzene rings is 2. The summed E-state index contributed by atoms with van der Waals surface area (Å²) in [5, 5.41) is 11.9. The third-order valence-corrected chi connectivity index (χ3v) is 5.99. The van der Waals surface area contributed by atoms with Crippen LogP contribution < -0.4 is 10.1 Å². The summed E-state index contributed by atoms with van der Waals surface area (Å²) in [6.45, 7) is 8.43. The highest BCUT2D eigenvalue weighted by Crippen LogP contribution is 2.28. The van der Waals surface area contributed by atoms with Crippen molar-refractivity contribution >= 4 is 23.4 Å². The first-order valence-electron chi connectivity index (χ1n) is 9.81. The summed E-state index contributed by atoms with van der Waals surface area (Å²) in [6, 6.07) is 15.6. The van der Waals surface area contributed by atoms with Gasteiger partial charge in [0.1, 0.15) is 5.75 Å². The van der Waals surface area contributed by atoms with Crippen LogP contribution in [-0.2, 0) is 17.3 Å². The third kappa shape index (κ3) is 5.02. The quantitative estimate of drug-likeness (QED) is 0.570. The Hall–Kier alpha value is -2.80. The molecular formula is C23H28N4O2S. The minimum Gasteiger partial charge on any atom is -0.497 e. The van der Waals surface area contributed by atoms with Gasteiger partial charge < -0.3 is 14.6 Å². The van der Waals surface area contributed by atoms with E-state index < -0.39 is 0 Å². The maximum atomic E-state index is 12.6. The molecule has 1 aromatic heterocycles. The van der Waals surface area contributed by atoms with E-state index in [1.165, 1.54) is 17.3 Å². The Morgan fingerprint density at radius 1 is 1.07 bits per heavy atom. The molecule has 2 aromatic carbocycles. The molecule has 0 aliphatic heterocycles. The number of rotatable bonds is 6. The first-order valence-corrected chi connectivity index (χ1v) is 10.7. The summed E-state index contributed by atoms with van der Waals surface area (Å²) in [6.07, 6.45) is 0. The second kappa shape index (κ2) is 8.92. The van der Waals surface area contributed by atoms with Crippen LogP contribution >= 0.6 is 11.8 Å². The molecule has 3 rings (SSSR count). The van der Waals surface area contributed by atoms with Crippen LogP contribution in [0.5, 0.6) is 5.75 Å². The van der Waals surface area contributed by atoms with Crippen LogP contribution in [0.4, 0.5) is 5.69 Å². The number of thioether (sulfide) groups is 1. The SMILES string of the molecule is COc1ccc(NC(=O)[C@@H](C)Sc2nnc(-c3ccc(C(C)(C)C)cc3)n2C)cc1. The third-order valence-electron chi connectivity index (χ3n) is 4.85. The first kappa shape index (κ1) is 21.9. The van der Waals surface area contributed by atoms with Gasteiger partial charge in [0.15, 0.2) is 11.0 Å². The van der Waals surface area contributed by atoms with Gasteiger partial charge in [-0.25, -0.2) is 0 Å². The lowest BCUT2D eigenvalue weighted by atomic mass is 9.87. The highest BCUT2D eigenvalue weighted by molar-refractivity contribution is 8.00. The molecule has 7 heteroatoms. The topological polar surface area (TPSA) is 69.0 Å². The molecule has 0 fully saturated rings. The number of nitrogens with one attached hydrogen (secondary N) is 1. The van der Waals surface area contributed by atoms with E-state index in [1.807, 2.05) is 42.8 Å². The number of ether oxygens (including phenoxy) is 1. The molecule has 0 aliphatic rings. The van der Waals surface area contributed by atoms with Crippen LogP contribution in [0.25, 0.3) is 11.4 Å². The zero-order valence-corrected chi connectivity index (χ0v) is 19.1. The number of hydrogen-bond donors (Lipinski definition) is 1. The Balaban J connectivity index is 1.68. The van der Waals surface area contributed by atoms with E-state index in [0.29, 0.717) is 5.16 Å². The minimum atomic E-state index is -0.328. The van der Waals surface area contributed by atoms with Crippen molar-refractivity contribution in [2.24, 2.45) is 7.05 Å². The highest BCUT2D eigenvalue weighted by atomic mass is 32.2. The smallest absolute Gasteiger partial charge is 0.237 e. The molecule has 0 radical (unpaired) electrons. The molecule has 1 N–H and O–H groups in total. The van der Waals surface area contributed by atoms with Crippen LogP contribution in [0.1, 0.15) is 33.3 Å². The molecule has 158 valence electrons. The van der Waals surface area contributed by atoms with Gasteiger partial charge in [0.25, 0.3) is 0 Å². The van der Waals surface area contributed by atoms with E-state index >= 15 is 0 Å². The Bertz CT molecular complexity index is 1010. The van der Waals surface area contributed by atoms with Crippen molar-refractivity contribution in [2.75, 3.05) is 12.4 Å². The predicted molar refractivity (Wildman–Crippen MR) is 122 cm³/mol. The summed E-state index contributed by atoms with van der Waals surface area (Å²) in [7, 11) is 3.53. The highest BCUT2D eigenvalue weighted by Gasteiger charge is 2.20. The zero-order valence-electron chi connectivity index (χ0n) is 18.3. The molecule has 0 spiro atoms. The van der Waals surface area contributed by atoms with E-state index in [2.05, 4.69) is 60.6 Å². The minimum absolute atomic E-state index is 0.0933. The van der Waals surface area contributed by atoms with Crippen LogP contribution in [0.2, 0.25) is 0 Å². The average Bonchev–Trinajstić information content (AvgIpc) is 3.08. The van der Waals surface area contributed by atoms with Crippen molar-refractivity contribution in [1.29, 1.82) is 0 Å². The number of nitrogens with zero attached hydrogens (tertiary/aromatic N) is 3. The molecule has 1 atom stereocenters. The number of carbonyl (C=O) groups is 1. The second-order valence-electron chi connectivity index (χ2n) is 8.17. The van der Waals surface area contributed by atoms with Gasteiger partial charge in [0.05, 0.1) is 12.4 Å². The first-order chi connectivity index (χ1) is 14.2. The standard InChI is InChI=1S/C23H28N4O2S/c1-15(21(28)24-18-11-13-19(29-6)14-12-18)30-22-26-25-20(27(22)5)16-7-9-17(10-8-16)23(2,3)4/h7-15H,1-6H3,(H,24,28)/t15-/m1/s1. The summed E-state index contributed by atoms with van der Waals surface area (Å²) in [4.78, 5) is 12.6. The summed E-state index contributed by atoms with van der Waals surface area (Å²) in [5.74, 6) is 1.43. The van der Waals surface area contributed by atoms with Crippen molar-refractivity contribution in [1.82, 2.24) is 14.8 Å². The fourth-order valence-electron chi connectivity index (χ4n) is 2.92. The van der Waals surface area contributed by atoms with Gasteiger partial charge in [0.2, 0.25) is 5.91 Å². The van der Waals surface area contributed by atoms with Gasteiger partial charge in [-0.3, -0.25) is 4.79 Å². The maximum absolute atomic E-state index is 12.6. The molecule has 1 heterocycles. The van der Waals surface area contributed by atoms with Crippen molar-refractivity contribution in [3.05, 3.63) is 54.1 Å². The van der Waals surface area contributed by atoms with Crippen LogP contribution in [0.3, 0.4) is 0 Å². The average molecular weight is 425 g/mol. The summed E-state index contributed by atoms with van der Waals surface area (Å²) in [5.41, 5.74) is 3.10. The van der Waals surface area contributed by atoms with Gasteiger partial charge in [0, 0.05) is 18.3 Å². The molecule has 1 amide bonds. The molecule has 0 unspecified atom stereocenters. The van der Waals surface area contributed by atoms with Crippen molar-refractivity contribution in [3.8, 4) is 17.1 Å². The second-order valence-corrected chi connectivity index (χ2v) is 9.48. The van der Waals surface area contributed by atoms with Gasteiger partial charge >= 0.3 is 0 Å². The molecule has 6 nitrogen and oxygen atoms in total. The molecule has 0 bridgehead atoms. The van der Waals surface area contributed by atoms with Crippen LogP contribution in [0, 0.1) is 0 Å².